The molecular weight excluding hydrogens is 170 g/mol. The van der Waals surface area contributed by atoms with Crippen LogP contribution in [0.1, 0.15) is 64.2 Å². The molecule has 1 fully saturated rings. The van der Waals surface area contributed by atoms with Gasteiger partial charge < -0.3 is 5.73 Å². The SMILES string of the molecule is NC1(CCC2=CCCC2)CCCCC1. The lowest BCUT2D eigenvalue weighted by Gasteiger charge is -2.33. The third kappa shape index (κ3) is 2.60. The van der Waals surface area contributed by atoms with Crippen LogP contribution in [0.4, 0.5) is 0 Å². The van der Waals surface area contributed by atoms with Gasteiger partial charge in [-0.1, -0.05) is 30.9 Å². The average molecular weight is 193 g/mol. The van der Waals surface area contributed by atoms with Crippen molar-refractivity contribution in [3.63, 3.8) is 0 Å². The van der Waals surface area contributed by atoms with Crippen LogP contribution in [0.25, 0.3) is 0 Å². The Balaban J connectivity index is 1.77. The van der Waals surface area contributed by atoms with Gasteiger partial charge in [0, 0.05) is 5.54 Å². The quantitative estimate of drug-likeness (QED) is 0.682. The lowest BCUT2D eigenvalue weighted by Crippen LogP contribution is -2.41. The average Bonchev–Trinajstić information content (AvgIpc) is 2.69. The molecule has 1 nitrogen and oxygen atoms in total. The van der Waals surface area contributed by atoms with Crippen LogP contribution in [0.15, 0.2) is 11.6 Å². The summed E-state index contributed by atoms with van der Waals surface area (Å²) in [5, 5.41) is 0. The highest BCUT2D eigenvalue weighted by atomic mass is 14.7. The van der Waals surface area contributed by atoms with Crippen molar-refractivity contribution in [2.75, 3.05) is 0 Å². The molecule has 2 N–H and O–H groups in total. The van der Waals surface area contributed by atoms with E-state index in [1.165, 1.54) is 64.2 Å². The Labute approximate surface area is 87.8 Å². The summed E-state index contributed by atoms with van der Waals surface area (Å²) >= 11 is 0. The molecule has 0 bridgehead atoms. The minimum Gasteiger partial charge on any atom is -0.325 e. The molecule has 1 saturated carbocycles. The number of nitrogens with two attached hydrogens (primary N) is 1. The molecule has 0 radical (unpaired) electrons. The first-order chi connectivity index (χ1) is 6.79. The second kappa shape index (κ2) is 4.48. The Bertz CT molecular complexity index is 211. The van der Waals surface area contributed by atoms with Crippen molar-refractivity contribution in [2.45, 2.75) is 69.7 Å². The number of hydrogen-bond acceptors (Lipinski definition) is 1. The highest BCUT2D eigenvalue weighted by Gasteiger charge is 2.27. The fourth-order valence-corrected chi connectivity index (χ4v) is 2.88. The normalized spacial score (nSPS) is 26.2. The van der Waals surface area contributed by atoms with Gasteiger partial charge >= 0.3 is 0 Å². The minimum atomic E-state index is 0.196. The van der Waals surface area contributed by atoms with E-state index in [0.717, 1.165) is 0 Å². The molecule has 0 unspecified atom stereocenters. The van der Waals surface area contributed by atoms with E-state index in [0.29, 0.717) is 0 Å². The molecule has 0 atom stereocenters. The highest BCUT2D eigenvalue weighted by molar-refractivity contribution is 5.08. The van der Waals surface area contributed by atoms with E-state index in [4.69, 9.17) is 5.73 Å². The topological polar surface area (TPSA) is 26.0 Å². The lowest BCUT2D eigenvalue weighted by atomic mass is 9.78. The molecule has 0 aromatic rings. The molecule has 0 aromatic carbocycles. The lowest BCUT2D eigenvalue weighted by molar-refractivity contribution is 0.277. The Morgan fingerprint density at radius 1 is 1.14 bits per heavy atom. The Hall–Kier alpha value is -0.300. The molecule has 2 rings (SSSR count). The number of hydrogen-bond donors (Lipinski definition) is 1. The van der Waals surface area contributed by atoms with Gasteiger partial charge in [0.25, 0.3) is 0 Å². The Kier molecular flexibility index (Phi) is 3.27. The first kappa shape index (κ1) is 10.2. The van der Waals surface area contributed by atoms with Crippen molar-refractivity contribution in [2.24, 2.45) is 5.73 Å². The second-order valence-corrected chi connectivity index (χ2v) is 5.18. The van der Waals surface area contributed by atoms with Crippen molar-refractivity contribution in [3.8, 4) is 0 Å². The Morgan fingerprint density at radius 2 is 1.93 bits per heavy atom. The Morgan fingerprint density at radius 3 is 2.57 bits per heavy atom. The van der Waals surface area contributed by atoms with Crippen molar-refractivity contribution >= 4 is 0 Å². The summed E-state index contributed by atoms with van der Waals surface area (Å²) in [5.41, 5.74) is 8.29. The molecule has 1 heteroatoms. The molecule has 0 spiro atoms. The van der Waals surface area contributed by atoms with Gasteiger partial charge in [0.05, 0.1) is 0 Å². The molecule has 0 aliphatic heterocycles. The summed E-state index contributed by atoms with van der Waals surface area (Å²) < 4.78 is 0. The molecule has 0 saturated heterocycles. The van der Waals surface area contributed by atoms with Gasteiger partial charge in [-0.15, -0.1) is 0 Å². The van der Waals surface area contributed by atoms with Gasteiger partial charge in [0.15, 0.2) is 0 Å². The maximum absolute atomic E-state index is 6.41. The van der Waals surface area contributed by atoms with E-state index in [2.05, 4.69) is 6.08 Å². The zero-order chi connectivity index (χ0) is 9.86. The van der Waals surface area contributed by atoms with Crippen molar-refractivity contribution in [1.29, 1.82) is 0 Å². The predicted molar refractivity (Wildman–Crippen MR) is 61.2 cm³/mol. The maximum atomic E-state index is 6.41. The van der Waals surface area contributed by atoms with E-state index in [1.54, 1.807) is 5.57 Å². The maximum Gasteiger partial charge on any atom is 0.0157 e. The molecule has 2 aliphatic rings. The van der Waals surface area contributed by atoms with Crippen LogP contribution in [-0.4, -0.2) is 5.54 Å². The molecule has 14 heavy (non-hydrogen) atoms. The van der Waals surface area contributed by atoms with Gasteiger partial charge in [-0.05, 0) is 44.9 Å². The monoisotopic (exact) mass is 193 g/mol. The first-order valence-corrected chi connectivity index (χ1v) is 6.25. The van der Waals surface area contributed by atoms with Gasteiger partial charge in [0.1, 0.15) is 0 Å². The van der Waals surface area contributed by atoms with Crippen LogP contribution in [0.3, 0.4) is 0 Å². The number of allylic oxidation sites excluding steroid dienone is 2. The third-order valence-electron chi connectivity index (χ3n) is 3.93. The van der Waals surface area contributed by atoms with Crippen LogP contribution in [0, 0.1) is 0 Å². The van der Waals surface area contributed by atoms with E-state index < -0.39 is 0 Å². The van der Waals surface area contributed by atoms with Crippen molar-refractivity contribution in [3.05, 3.63) is 11.6 Å². The van der Waals surface area contributed by atoms with Crippen LogP contribution in [0.5, 0.6) is 0 Å². The second-order valence-electron chi connectivity index (χ2n) is 5.18. The fraction of sp³-hybridized carbons (Fsp3) is 0.846. The minimum absolute atomic E-state index is 0.196. The zero-order valence-electron chi connectivity index (χ0n) is 9.23. The molecule has 80 valence electrons. The highest BCUT2D eigenvalue weighted by Crippen LogP contribution is 2.32. The predicted octanol–water partition coefficient (Wildman–Crippen LogP) is 3.54. The van der Waals surface area contributed by atoms with Crippen LogP contribution < -0.4 is 5.73 Å². The van der Waals surface area contributed by atoms with Crippen molar-refractivity contribution in [1.82, 2.24) is 0 Å². The summed E-state index contributed by atoms with van der Waals surface area (Å²) in [4.78, 5) is 0. The van der Waals surface area contributed by atoms with Crippen molar-refractivity contribution < 1.29 is 0 Å². The van der Waals surface area contributed by atoms with Crippen LogP contribution >= 0.6 is 0 Å². The largest absolute Gasteiger partial charge is 0.325 e. The third-order valence-corrected chi connectivity index (χ3v) is 3.93. The summed E-state index contributed by atoms with van der Waals surface area (Å²) in [7, 11) is 0. The number of rotatable bonds is 3. The first-order valence-electron chi connectivity index (χ1n) is 6.25. The summed E-state index contributed by atoms with van der Waals surface area (Å²) in [5.74, 6) is 0. The smallest absolute Gasteiger partial charge is 0.0157 e. The van der Waals surface area contributed by atoms with E-state index in [-0.39, 0.29) is 5.54 Å². The summed E-state index contributed by atoms with van der Waals surface area (Å²) in [6.45, 7) is 0. The van der Waals surface area contributed by atoms with Gasteiger partial charge in [-0.2, -0.15) is 0 Å². The standard InChI is InChI=1S/C13H23N/c14-13(9-4-1-5-10-13)11-8-12-6-2-3-7-12/h6H,1-5,7-11,14H2. The molecule has 0 amide bonds. The van der Waals surface area contributed by atoms with Gasteiger partial charge in [-0.25, -0.2) is 0 Å². The van der Waals surface area contributed by atoms with E-state index >= 15 is 0 Å². The summed E-state index contributed by atoms with van der Waals surface area (Å²) in [6, 6.07) is 0. The summed E-state index contributed by atoms with van der Waals surface area (Å²) in [6.07, 6.45) is 15.6. The van der Waals surface area contributed by atoms with Gasteiger partial charge in [-0.3, -0.25) is 0 Å². The zero-order valence-corrected chi connectivity index (χ0v) is 9.23. The van der Waals surface area contributed by atoms with Crippen LogP contribution in [0.2, 0.25) is 0 Å². The molecule has 2 aliphatic carbocycles. The van der Waals surface area contributed by atoms with E-state index in [1.807, 2.05) is 0 Å². The van der Waals surface area contributed by atoms with Gasteiger partial charge in [0.2, 0.25) is 0 Å². The fourth-order valence-electron chi connectivity index (χ4n) is 2.88. The molecule has 0 heterocycles. The molecule has 0 aromatic heterocycles. The van der Waals surface area contributed by atoms with Crippen LogP contribution in [-0.2, 0) is 0 Å². The van der Waals surface area contributed by atoms with E-state index in [9.17, 15) is 0 Å². The molecular formula is C13H23N.